The van der Waals surface area contributed by atoms with Crippen molar-refractivity contribution in [2.24, 2.45) is 0 Å². The van der Waals surface area contributed by atoms with Gasteiger partial charge in [0.05, 0.1) is 0 Å². The maximum atomic E-state index is 12.5. The van der Waals surface area contributed by atoms with Crippen molar-refractivity contribution >= 4 is 29.2 Å². The number of ether oxygens (including phenoxy) is 2. The van der Waals surface area contributed by atoms with Crippen LogP contribution in [-0.4, -0.2) is 18.0 Å². The average molecular weight is 424 g/mol. The Balaban J connectivity index is 1.55. The second kappa shape index (κ2) is 9.94. The number of benzene rings is 3. The molecular formula is C24H22ClNO4. The van der Waals surface area contributed by atoms with Crippen molar-refractivity contribution in [3.8, 4) is 5.75 Å². The fourth-order valence-corrected chi connectivity index (χ4v) is 2.90. The van der Waals surface area contributed by atoms with Crippen molar-refractivity contribution in [1.29, 1.82) is 0 Å². The number of carbonyl (C=O) groups is 2. The number of carbonyl (C=O) groups excluding carboxylic acids is 2. The second-order valence-corrected chi connectivity index (χ2v) is 7.15. The Hall–Kier alpha value is -3.31. The summed E-state index contributed by atoms with van der Waals surface area (Å²) in [5.74, 6) is -0.256. The van der Waals surface area contributed by atoms with Gasteiger partial charge >= 0.3 is 5.97 Å². The first kappa shape index (κ1) is 21.4. The van der Waals surface area contributed by atoms with E-state index >= 15 is 0 Å². The normalized spacial score (nSPS) is 11.4. The Morgan fingerprint density at radius 3 is 2.37 bits per heavy atom. The van der Waals surface area contributed by atoms with Crippen molar-refractivity contribution in [2.75, 3.05) is 5.32 Å². The van der Waals surface area contributed by atoms with Crippen LogP contribution in [0.4, 0.5) is 5.69 Å². The molecule has 5 nitrogen and oxygen atoms in total. The molecule has 0 aliphatic carbocycles. The van der Waals surface area contributed by atoms with Gasteiger partial charge in [0.25, 0.3) is 5.91 Å². The lowest BCUT2D eigenvalue weighted by Gasteiger charge is -2.14. The topological polar surface area (TPSA) is 64.6 Å². The summed E-state index contributed by atoms with van der Waals surface area (Å²) in [7, 11) is 0. The van der Waals surface area contributed by atoms with Gasteiger partial charge in [-0.2, -0.15) is 0 Å². The van der Waals surface area contributed by atoms with Gasteiger partial charge in [0.2, 0.25) is 0 Å². The van der Waals surface area contributed by atoms with Crippen LogP contribution in [0.5, 0.6) is 5.75 Å². The predicted molar refractivity (Wildman–Crippen MR) is 117 cm³/mol. The van der Waals surface area contributed by atoms with Crippen molar-refractivity contribution in [3.05, 3.63) is 94.5 Å². The quantitative estimate of drug-likeness (QED) is 0.516. The first-order valence-corrected chi connectivity index (χ1v) is 9.85. The van der Waals surface area contributed by atoms with Gasteiger partial charge < -0.3 is 14.8 Å². The number of hydrogen-bond donors (Lipinski definition) is 1. The minimum absolute atomic E-state index is 0.190. The molecule has 0 heterocycles. The van der Waals surface area contributed by atoms with Gasteiger partial charge in [-0.3, -0.25) is 4.79 Å². The molecule has 6 heteroatoms. The highest BCUT2D eigenvalue weighted by atomic mass is 35.5. The minimum atomic E-state index is -0.775. The van der Waals surface area contributed by atoms with Gasteiger partial charge in [-0.05, 0) is 61.4 Å². The number of halogens is 1. The molecule has 1 amide bonds. The molecule has 3 aromatic rings. The van der Waals surface area contributed by atoms with Crippen LogP contribution >= 0.6 is 11.6 Å². The van der Waals surface area contributed by atoms with Gasteiger partial charge in [-0.25, -0.2) is 4.79 Å². The molecule has 0 unspecified atom stereocenters. The van der Waals surface area contributed by atoms with E-state index in [0.29, 0.717) is 22.0 Å². The zero-order valence-corrected chi connectivity index (χ0v) is 17.5. The van der Waals surface area contributed by atoms with E-state index in [4.69, 9.17) is 21.1 Å². The second-order valence-electron chi connectivity index (χ2n) is 6.74. The molecule has 154 valence electrons. The Bertz CT molecular complexity index is 1020. The molecule has 0 saturated heterocycles. The Morgan fingerprint density at radius 1 is 0.967 bits per heavy atom. The standard InChI is InChI=1S/C24H22ClNO4/c1-16-21(25)9-6-10-22(16)26-23(27)19-11-13-20(14-12-19)30-17(2)24(28)29-15-18-7-4-3-5-8-18/h3-14,17H,15H2,1-2H3,(H,26,27)/t17-/m0/s1. The summed E-state index contributed by atoms with van der Waals surface area (Å²) in [6, 6.07) is 21.3. The molecule has 0 radical (unpaired) electrons. The monoisotopic (exact) mass is 423 g/mol. The van der Waals surface area contributed by atoms with Crippen molar-refractivity contribution in [3.63, 3.8) is 0 Å². The van der Waals surface area contributed by atoms with Crippen molar-refractivity contribution in [1.82, 2.24) is 0 Å². The highest BCUT2D eigenvalue weighted by Crippen LogP contribution is 2.24. The molecule has 3 aromatic carbocycles. The molecule has 0 spiro atoms. The molecule has 30 heavy (non-hydrogen) atoms. The van der Waals surface area contributed by atoms with Gasteiger partial charge in [-0.15, -0.1) is 0 Å². The van der Waals surface area contributed by atoms with Crippen molar-refractivity contribution < 1.29 is 19.1 Å². The molecule has 1 atom stereocenters. The third kappa shape index (κ3) is 5.61. The van der Waals surface area contributed by atoms with E-state index in [0.717, 1.165) is 11.1 Å². The molecular weight excluding hydrogens is 402 g/mol. The van der Waals surface area contributed by atoms with E-state index in [1.807, 2.05) is 37.3 Å². The van der Waals surface area contributed by atoms with Crippen LogP contribution in [0.1, 0.15) is 28.4 Å². The van der Waals surface area contributed by atoms with Crippen LogP contribution in [0.3, 0.4) is 0 Å². The van der Waals surface area contributed by atoms with E-state index in [2.05, 4.69) is 5.32 Å². The SMILES string of the molecule is Cc1c(Cl)cccc1NC(=O)c1ccc(O[C@@H](C)C(=O)OCc2ccccc2)cc1. The molecule has 0 aliphatic heterocycles. The van der Waals surface area contributed by atoms with Crippen LogP contribution in [0.2, 0.25) is 5.02 Å². The number of amides is 1. The summed E-state index contributed by atoms with van der Waals surface area (Å²) >= 11 is 6.09. The highest BCUT2D eigenvalue weighted by molar-refractivity contribution is 6.31. The van der Waals surface area contributed by atoms with E-state index < -0.39 is 12.1 Å². The summed E-state index contributed by atoms with van der Waals surface area (Å²) in [5.41, 5.74) is 2.82. The smallest absolute Gasteiger partial charge is 0.347 e. The Morgan fingerprint density at radius 2 is 1.67 bits per heavy atom. The largest absolute Gasteiger partial charge is 0.479 e. The zero-order chi connectivity index (χ0) is 21.5. The predicted octanol–water partition coefficient (Wildman–Crippen LogP) is 5.41. The van der Waals surface area contributed by atoms with Crippen LogP contribution in [0.25, 0.3) is 0 Å². The maximum absolute atomic E-state index is 12.5. The lowest BCUT2D eigenvalue weighted by atomic mass is 10.1. The van der Waals surface area contributed by atoms with Crippen molar-refractivity contribution in [2.45, 2.75) is 26.6 Å². The first-order chi connectivity index (χ1) is 14.4. The molecule has 0 aliphatic rings. The third-order valence-electron chi connectivity index (χ3n) is 4.50. The fraction of sp³-hybridized carbons (Fsp3) is 0.167. The summed E-state index contributed by atoms with van der Waals surface area (Å²) in [4.78, 5) is 24.6. The van der Waals surface area contributed by atoms with E-state index in [1.165, 1.54) is 0 Å². The van der Waals surface area contributed by atoms with E-state index in [9.17, 15) is 9.59 Å². The third-order valence-corrected chi connectivity index (χ3v) is 4.91. The Kier molecular flexibility index (Phi) is 7.09. The molecule has 0 fully saturated rings. The molecule has 0 bridgehead atoms. The lowest BCUT2D eigenvalue weighted by Crippen LogP contribution is -2.26. The molecule has 0 saturated carbocycles. The van der Waals surface area contributed by atoms with Gasteiger partial charge in [0.1, 0.15) is 12.4 Å². The fourth-order valence-electron chi connectivity index (χ4n) is 2.72. The van der Waals surface area contributed by atoms with Gasteiger partial charge in [0, 0.05) is 16.3 Å². The summed E-state index contributed by atoms with van der Waals surface area (Å²) in [6.45, 7) is 3.65. The van der Waals surface area contributed by atoms with E-state index in [-0.39, 0.29) is 12.5 Å². The lowest BCUT2D eigenvalue weighted by molar-refractivity contribution is -0.152. The Labute approximate surface area is 180 Å². The number of esters is 1. The molecule has 3 rings (SSSR count). The molecule has 1 N–H and O–H groups in total. The number of nitrogens with one attached hydrogen (secondary N) is 1. The summed E-state index contributed by atoms with van der Waals surface area (Å²) < 4.78 is 10.9. The summed E-state index contributed by atoms with van der Waals surface area (Å²) in [6.07, 6.45) is -0.775. The summed E-state index contributed by atoms with van der Waals surface area (Å²) in [5, 5.41) is 3.43. The number of rotatable bonds is 7. The first-order valence-electron chi connectivity index (χ1n) is 9.48. The van der Waals surface area contributed by atoms with E-state index in [1.54, 1.807) is 49.4 Å². The van der Waals surface area contributed by atoms with Crippen LogP contribution in [-0.2, 0) is 16.1 Å². The highest BCUT2D eigenvalue weighted by Gasteiger charge is 2.17. The number of anilines is 1. The van der Waals surface area contributed by atoms with Crippen LogP contribution in [0.15, 0.2) is 72.8 Å². The maximum Gasteiger partial charge on any atom is 0.347 e. The number of hydrogen-bond acceptors (Lipinski definition) is 4. The minimum Gasteiger partial charge on any atom is -0.479 e. The van der Waals surface area contributed by atoms with Gasteiger partial charge in [-0.1, -0.05) is 48.0 Å². The zero-order valence-electron chi connectivity index (χ0n) is 16.7. The van der Waals surface area contributed by atoms with Crippen LogP contribution in [0, 0.1) is 6.92 Å². The van der Waals surface area contributed by atoms with Crippen LogP contribution < -0.4 is 10.1 Å². The van der Waals surface area contributed by atoms with Gasteiger partial charge in [0.15, 0.2) is 6.10 Å². The average Bonchev–Trinajstić information content (AvgIpc) is 2.76. The molecule has 0 aromatic heterocycles.